The van der Waals surface area contributed by atoms with E-state index in [0.717, 1.165) is 62.8 Å². The van der Waals surface area contributed by atoms with Crippen LogP contribution in [0.5, 0.6) is 0 Å². The fourth-order valence-corrected chi connectivity index (χ4v) is 6.83. The molecule has 0 saturated heterocycles. The van der Waals surface area contributed by atoms with Gasteiger partial charge >= 0.3 is 0 Å². The fraction of sp³-hybridized carbons (Fsp3) is 0.438. The summed E-state index contributed by atoms with van der Waals surface area (Å²) in [6.07, 6.45) is 6.35. The Kier molecular flexibility index (Phi) is 8.76. The van der Waals surface area contributed by atoms with Crippen LogP contribution in [0.3, 0.4) is 0 Å². The molecule has 1 unspecified atom stereocenters. The summed E-state index contributed by atoms with van der Waals surface area (Å²) in [5.74, 6) is 0. The maximum absolute atomic E-state index is 3.80. The molecule has 6 rings (SSSR count). The normalized spacial score (nSPS) is 18.8. The summed E-state index contributed by atoms with van der Waals surface area (Å²) in [5.41, 5.74) is 17.6. The van der Waals surface area contributed by atoms with E-state index in [1.807, 2.05) is 0 Å². The molecule has 2 heterocycles. The van der Waals surface area contributed by atoms with Gasteiger partial charge in [-0.1, -0.05) is 58.9 Å². The minimum atomic E-state index is 0. The van der Waals surface area contributed by atoms with Crippen molar-refractivity contribution in [1.29, 1.82) is 0 Å². The Morgan fingerprint density at radius 1 is 0.722 bits per heavy atom. The molecule has 2 bridgehead atoms. The molecule has 2 aliphatic heterocycles. The van der Waals surface area contributed by atoms with Crippen LogP contribution in [0.2, 0.25) is 0 Å². The number of quaternary nitrogens is 1. The molecule has 0 amide bonds. The number of hydrogen-bond donors (Lipinski definition) is 0. The first-order chi connectivity index (χ1) is 16.5. The number of benzene rings is 3. The molecule has 36 heavy (non-hydrogen) atoms. The predicted molar refractivity (Wildman–Crippen MR) is 143 cm³/mol. The summed E-state index contributed by atoms with van der Waals surface area (Å²) in [6, 6.07) is 17.7. The van der Waals surface area contributed by atoms with Gasteiger partial charge < -0.3 is 17.0 Å². The van der Waals surface area contributed by atoms with E-state index in [-0.39, 0.29) is 65.4 Å². The van der Waals surface area contributed by atoms with E-state index in [9.17, 15) is 0 Å². The molecule has 2 nitrogen and oxygen atoms in total. The average Bonchev–Trinajstić information content (AvgIpc) is 2.84. The largest absolute Gasteiger partial charge is 0.320 e. The zero-order chi connectivity index (χ0) is 23.6. The van der Waals surface area contributed by atoms with Crippen molar-refractivity contribution in [2.45, 2.75) is 79.3 Å². The van der Waals surface area contributed by atoms with Gasteiger partial charge in [0.25, 0.3) is 0 Å². The van der Waals surface area contributed by atoms with Crippen molar-refractivity contribution in [1.82, 2.24) is 4.48 Å². The summed E-state index contributed by atoms with van der Waals surface area (Å²) < 4.78 is 0.988. The molecule has 1 aliphatic carbocycles. The topological polar surface area (TPSA) is 3.24 Å². The van der Waals surface area contributed by atoms with Crippen LogP contribution in [-0.2, 0) is 117 Å². The maximum Gasteiger partial charge on any atom is 0.159 e. The Hall–Kier alpha value is -0.372. The predicted octanol–water partition coefficient (Wildman–Crippen LogP) is 6.45. The van der Waals surface area contributed by atoms with E-state index in [1.165, 1.54) is 67.0 Å². The number of fused-ring (bicyclic) bond motifs is 8. The van der Waals surface area contributed by atoms with Crippen molar-refractivity contribution in [2.24, 2.45) is 0 Å². The van der Waals surface area contributed by atoms with Crippen LogP contribution in [0, 0.1) is 12.1 Å². The van der Waals surface area contributed by atoms with E-state index >= 15 is 0 Å². The molecule has 0 N–H and O–H groups in total. The maximum atomic E-state index is 3.80. The summed E-state index contributed by atoms with van der Waals surface area (Å²) in [4.78, 5) is 2.64. The van der Waals surface area contributed by atoms with Gasteiger partial charge in [0.05, 0.1) is 19.3 Å². The van der Waals surface area contributed by atoms with Crippen LogP contribution in [0.1, 0.15) is 83.3 Å². The zero-order valence-electron chi connectivity index (χ0n) is 22.7. The second-order valence-corrected chi connectivity index (χ2v) is 10.8. The summed E-state index contributed by atoms with van der Waals surface area (Å²) in [5, 5.41) is 0. The van der Waals surface area contributed by atoms with Gasteiger partial charge in [-0.2, -0.15) is 0 Å². The molecule has 2 radical (unpaired) electrons. The van der Waals surface area contributed by atoms with Crippen LogP contribution in [-0.4, -0.2) is 13.7 Å². The van der Waals surface area contributed by atoms with Gasteiger partial charge in [-0.25, -0.2) is 0 Å². The Morgan fingerprint density at radius 2 is 1.31 bits per heavy atom. The average molecular weight is 627 g/mol. The standard InChI is InChI=1S/C32H37N2.2Y/c1-6-21-10-25-13-27-15-29-18-33-20-34(5,19-30-12-23(8-3)24(9-4)16-31(30)33)32(29)17-28(27)14-26(25)11-22(21)7-2;;/h12,15-17H,6-9,13-14,18-20H2,1-5H3;;/q-1;;. The van der Waals surface area contributed by atoms with Gasteiger partial charge in [-0.15, -0.1) is 0 Å². The van der Waals surface area contributed by atoms with E-state index in [4.69, 9.17) is 0 Å². The Balaban J connectivity index is 0.00000152. The minimum Gasteiger partial charge on any atom is -0.320 e. The van der Waals surface area contributed by atoms with Crippen LogP contribution >= 0.6 is 0 Å². The number of aryl methyl sites for hydroxylation is 4. The van der Waals surface area contributed by atoms with Crippen LogP contribution in [0.15, 0.2) is 24.3 Å². The molecule has 4 heteroatoms. The summed E-state index contributed by atoms with van der Waals surface area (Å²) in [6.45, 7) is 12.3. The molecule has 3 aromatic carbocycles. The Bertz CT molecular complexity index is 1310. The summed E-state index contributed by atoms with van der Waals surface area (Å²) >= 11 is 0. The molecule has 0 spiro atoms. The van der Waals surface area contributed by atoms with Gasteiger partial charge in [-0.05, 0) is 47.7 Å². The third kappa shape index (κ3) is 4.66. The van der Waals surface area contributed by atoms with Crippen molar-refractivity contribution in [3.05, 3.63) is 92.0 Å². The van der Waals surface area contributed by atoms with Gasteiger partial charge in [0.1, 0.15) is 12.2 Å². The monoisotopic (exact) mass is 627 g/mol. The van der Waals surface area contributed by atoms with Gasteiger partial charge in [0.15, 0.2) is 6.67 Å². The summed E-state index contributed by atoms with van der Waals surface area (Å²) in [7, 11) is 2.44. The quantitative estimate of drug-likeness (QED) is 0.186. The first-order valence-electron chi connectivity index (χ1n) is 13.3. The van der Waals surface area contributed by atoms with Crippen LogP contribution in [0.4, 0.5) is 11.4 Å². The number of hydrogen-bond acceptors (Lipinski definition) is 1. The van der Waals surface area contributed by atoms with Crippen molar-refractivity contribution in [2.75, 3.05) is 18.6 Å². The molecule has 182 valence electrons. The SMILES string of the molecule is CCc1[c-]c2c([c-]c1CC)Cc1cc3c(cc1C2)CN1C[N+]3(C)Cc2cc(CC)c(CC)cc21.[Y].[Y]. The van der Waals surface area contributed by atoms with E-state index < -0.39 is 0 Å². The third-order valence-corrected chi connectivity index (χ3v) is 8.62. The van der Waals surface area contributed by atoms with Gasteiger partial charge in [0.2, 0.25) is 0 Å². The van der Waals surface area contributed by atoms with Crippen LogP contribution in [0.25, 0.3) is 0 Å². The van der Waals surface area contributed by atoms with Crippen molar-refractivity contribution in [3.8, 4) is 0 Å². The smallest absolute Gasteiger partial charge is 0.159 e. The third-order valence-electron chi connectivity index (χ3n) is 8.62. The molecular formula is C32H37N2Y2-. The molecular weight excluding hydrogens is 590 g/mol. The van der Waals surface area contributed by atoms with E-state index in [1.54, 1.807) is 0 Å². The zero-order valence-corrected chi connectivity index (χ0v) is 28.4. The molecule has 0 saturated carbocycles. The van der Waals surface area contributed by atoms with E-state index in [2.05, 4.69) is 76.0 Å². The number of anilines is 1. The van der Waals surface area contributed by atoms with Crippen molar-refractivity contribution >= 4 is 11.4 Å². The molecule has 0 aromatic heterocycles. The molecule has 3 aliphatic rings. The van der Waals surface area contributed by atoms with Gasteiger partial charge in [0, 0.05) is 82.6 Å². The molecule has 0 fully saturated rings. The van der Waals surface area contributed by atoms with Gasteiger partial charge in [-0.3, -0.25) is 26.7 Å². The Labute approximate surface area is 268 Å². The number of nitrogens with zero attached hydrogens (tertiary/aromatic N) is 2. The first-order valence-corrected chi connectivity index (χ1v) is 13.3. The second-order valence-electron chi connectivity index (χ2n) is 10.8. The molecule has 3 aromatic rings. The van der Waals surface area contributed by atoms with Crippen molar-refractivity contribution in [3.63, 3.8) is 0 Å². The molecule has 1 atom stereocenters. The first kappa shape index (κ1) is 28.6. The minimum absolute atomic E-state index is 0. The fourth-order valence-electron chi connectivity index (χ4n) is 6.83. The van der Waals surface area contributed by atoms with Crippen molar-refractivity contribution < 1.29 is 65.4 Å². The van der Waals surface area contributed by atoms with Crippen LogP contribution < -0.4 is 9.38 Å². The second kappa shape index (κ2) is 11.0. The number of rotatable bonds is 4. The van der Waals surface area contributed by atoms with E-state index in [0.29, 0.717) is 0 Å². The Morgan fingerprint density at radius 3 is 1.89 bits per heavy atom.